The molecule has 0 bridgehead atoms. The largest absolute Gasteiger partial charge is 0.273 e. The van der Waals surface area contributed by atoms with Gasteiger partial charge in [0.1, 0.15) is 0 Å². The molecule has 0 spiro atoms. The highest BCUT2D eigenvalue weighted by molar-refractivity contribution is 5.91. The third-order valence-corrected chi connectivity index (χ3v) is 4.44. The van der Waals surface area contributed by atoms with E-state index in [1.807, 2.05) is 24.3 Å². The van der Waals surface area contributed by atoms with Gasteiger partial charge in [-0.15, -0.1) is 0 Å². The minimum Gasteiger partial charge on any atom is -0.273 e. The Morgan fingerprint density at radius 1 is 1.18 bits per heavy atom. The monoisotopic (exact) mass is 294 g/mol. The Bertz CT molecular complexity index is 700. The van der Waals surface area contributed by atoms with Crippen molar-refractivity contribution in [1.82, 2.24) is 5.43 Å². The number of nitrogens with zero attached hydrogens (tertiary/aromatic N) is 1. The molecule has 2 aromatic carbocycles. The fourth-order valence-electron chi connectivity index (χ4n) is 3.13. The van der Waals surface area contributed by atoms with E-state index in [0.717, 1.165) is 23.1 Å². The Labute approximate surface area is 131 Å². The number of hydrogen-bond donors (Lipinski definition) is 1. The lowest BCUT2D eigenvalue weighted by Crippen LogP contribution is -2.25. The average Bonchev–Trinajstić information content (AvgIpc) is 2.54. The minimum absolute atomic E-state index is 0.0402. The van der Waals surface area contributed by atoms with Crippen LogP contribution in [0.4, 0.5) is 0 Å². The van der Waals surface area contributed by atoms with Gasteiger partial charge in [-0.2, -0.15) is 5.10 Å². The number of fused-ring (bicyclic) bond motifs is 1. The summed E-state index contributed by atoms with van der Waals surface area (Å²) in [5, 5.41) is 6.66. The maximum Gasteiger partial charge on any atom is 0.244 e. The lowest BCUT2D eigenvalue weighted by molar-refractivity contribution is -0.120. The summed E-state index contributed by atoms with van der Waals surface area (Å²) in [5.41, 5.74) is 4.93. The van der Waals surface area contributed by atoms with Crippen LogP contribution in [-0.2, 0) is 11.2 Å². The molecule has 1 aliphatic carbocycles. The van der Waals surface area contributed by atoms with Crippen molar-refractivity contribution in [3.63, 3.8) is 0 Å². The van der Waals surface area contributed by atoms with Crippen LogP contribution in [0.15, 0.2) is 47.6 Å². The first kappa shape index (κ1) is 14.8. The van der Waals surface area contributed by atoms with Crippen molar-refractivity contribution in [3.05, 3.63) is 48.0 Å². The molecule has 1 N–H and O–H groups in total. The number of nitrogens with one attached hydrogen (secondary N) is 1. The van der Waals surface area contributed by atoms with Crippen molar-refractivity contribution in [1.29, 1.82) is 0 Å². The Balaban J connectivity index is 1.70. The second-order valence-electron chi connectivity index (χ2n) is 6.10. The third-order valence-electron chi connectivity index (χ3n) is 4.44. The first-order valence-corrected chi connectivity index (χ1v) is 8.06. The third kappa shape index (κ3) is 3.35. The fraction of sp³-hybridized carbons (Fsp3) is 0.368. The van der Waals surface area contributed by atoms with E-state index in [-0.39, 0.29) is 5.91 Å². The Morgan fingerprint density at radius 3 is 2.86 bits per heavy atom. The predicted octanol–water partition coefficient (Wildman–Crippen LogP) is 4.06. The molecule has 3 rings (SSSR count). The van der Waals surface area contributed by atoms with Crippen LogP contribution >= 0.6 is 0 Å². The van der Waals surface area contributed by atoms with Gasteiger partial charge in [0, 0.05) is 5.71 Å². The molecular formula is C19H22N2O. The summed E-state index contributed by atoms with van der Waals surface area (Å²) >= 11 is 0. The van der Waals surface area contributed by atoms with Crippen molar-refractivity contribution >= 4 is 22.4 Å². The number of rotatable bonds is 3. The van der Waals surface area contributed by atoms with Gasteiger partial charge in [0.05, 0.1) is 6.42 Å². The van der Waals surface area contributed by atoms with E-state index >= 15 is 0 Å². The summed E-state index contributed by atoms with van der Waals surface area (Å²) in [7, 11) is 0. The first-order valence-electron chi connectivity index (χ1n) is 8.06. The van der Waals surface area contributed by atoms with Crippen molar-refractivity contribution in [3.8, 4) is 0 Å². The topological polar surface area (TPSA) is 41.5 Å². The van der Waals surface area contributed by atoms with Crippen molar-refractivity contribution in [2.45, 2.75) is 39.0 Å². The van der Waals surface area contributed by atoms with Gasteiger partial charge in [0.15, 0.2) is 0 Å². The molecule has 0 aromatic heterocycles. The Kier molecular flexibility index (Phi) is 4.52. The summed E-state index contributed by atoms with van der Waals surface area (Å²) in [6, 6.07) is 14.2. The van der Waals surface area contributed by atoms with Crippen LogP contribution in [0.2, 0.25) is 0 Å². The molecule has 1 amide bonds. The number of hydrogen-bond acceptors (Lipinski definition) is 2. The molecule has 1 atom stereocenters. The van der Waals surface area contributed by atoms with Gasteiger partial charge in [-0.05, 0) is 41.5 Å². The zero-order valence-corrected chi connectivity index (χ0v) is 13.0. The lowest BCUT2D eigenvalue weighted by Gasteiger charge is -2.19. The Hall–Kier alpha value is -2.16. The lowest BCUT2D eigenvalue weighted by atomic mass is 9.89. The molecule has 1 saturated carbocycles. The smallest absolute Gasteiger partial charge is 0.244 e. The van der Waals surface area contributed by atoms with Gasteiger partial charge in [-0.25, -0.2) is 5.43 Å². The highest BCUT2D eigenvalue weighted by Gasteiger charge is 2.16. The molecule has 3 nitrogen and oxygen atoms in total. The molecule has 0 unspecified atom stereocenters. The van der Waals surface area contributed by atoms with Gasteiger partial charge in [-0.1, -0.05) is 55.8 Å². The van der Waals surface area contributed by atoms with Crippen LogP contribution in [-0.4, -0.2) is 11.6 Å². The van der Waals surface area contributed by atoms with Crippen LogP contribution in [0.1, 0.15) is 38.2 Å². The van der Waals surface area contributed by atoms with E-state index in [2.05, 4.69) is 35.7 Å². The second kappa shape index (κ2) is 6.73. The summed E-state index contributed by atoms with van der Waals surface area (Å²) in [6.07, 6.45) is 5.01. The molecule has 114 valence electrons. The summed E-state index contributed by atoms with van der Waals surface area (Å²) < 4.78 is 0. The van der Waals surface area contributed by atoms with E-state index in [0.29, 0.717) is 12.3 Å². The highest BCUT2D eigenvalue weighted by Crippen LogP contribution is 2.21. The molecule has 3 heteroatoms. The summed E-state index contributed by atoms with van der Waals surface area (Å²) in [4.78, 5) is 12.2. The first-order chi connectivity index (χ1) is 10.7. The van der Waals surface area contributed by atoms with E-state index in [1.54, 1.807) is 0 Å². The van der Waals surface area contributed by atoms with E-state index in [9.17, 15) is 4.79 Å². The van der Waals surface area contributed by atoms with E-state index in [4.69, 9.17) is 0 Å². The van der Waals surface area contributed by atoms with Crippen LogP contribution in [0.25, 0.3) is 10.8 Å². The molecule has 1 aliphatic rings. The maximum absolute atomic E-state index is 12.2. The van der Waals surface area contributed by atoms with Gasteiger partial charge < -0.3 is 0 Å². The quantitative estimate of drug-likeness (QED) is 0.852. The zero-order chi connectivity index (χ0) is 15.4. The van der Waals surface area contributed by atoms with Crippen LogP contribution < -0.4 is 5.43 Å². The molecular weight excluding hydrogens is 272 g/mol. The van der Waals surface area contributed by atoms with Crippen LogP contribution in [0.5, 0.6) is 0 Å². The van der Waals surface area contributed by atoms with Gasteiger partial charge in [0.25, 0.3) is 0 Å². The number of carbonyl (C=O) groups is 1. The number of carbonyl (C=O) groups excluding carboxylic acids is 1. The standard InChI is InChI=1S/C19H22N2O/c1-14-7-2-5-12-18(14)20-21-19(22)13-16-10-6-9-15-8-3-4-11-17(15)16/h3-4,6,8-11,14H,2,5,7,12-13H2,1H3,(H,21,22)/b20-18-/t14-/m1/s1. The molecule has 2 aromatic rings. The van der Waals surface area contributed by atoms with Crippen LogP contribution in [0.3, 0.4) is 0 Å². The minimum atomic E-state index is -0.0402. The predicted molar refractivity (Wildman–Crippen MR) is 90.9 cm³/mol. The molecule has 0 radical (unpaired) electrons. The summed E-state index contributed by atoms with van der Waals surface area (Å²) in [6.45, 7) is 2.19. The van der Waals surface area contributed by atoms with Crippen molar-refractivity contribution < 1.29 is 4.79 Å². The normalized spacial score (nSPS) is 20.2. The maximum atomic E-state index is 12.2. The molecule has 22 heavy (non-hydrogen) atoms. The molecule has 1 fully saturated rings. The number of benzene rings is 2. The van der Waals surface area contributed by atoms with Crippen molar-refractivity contribution in [2.24, 2.45) is 11.0 Å². The van der Waals surface area contributed by atoms with Crippen LogP contribution in [0, 0.1) is 5.92 Å². The molecule has 0 heterocycles. The van der Waals surface area contributed by atoms with Gasteiger partial charge >= 0.3 is 0 Å². The second-order valence-corrected chi connectivity index (χ2v) is 6.10. The Morgan fingerprint density at radius 2 is 2.00 bits per heavy atom. The molecule has 0 aliphatic heterocycles. The average molecular weight is 294 g/mol. The van der Waals surface area contributed by atoms with E-state index in [1.165, 1.54) is 24.6 Å². The number of amides is 1. The molecule has 0 saturated heterocycles. The SMILES string of the molecule is C[C@@H]1CCCC/C1=N/NC(=O)Cc1cccc2ccccc12. The van der Waals surface area contributed by atoms with Crippen molar-refractivity contribution in [2.75, 3.05) is 0 Å². The van der Waals surface area contributed by atoms with E-state index < -0.39 is 0 Å². The fourth-order valence-corrected chi connectivity index (χ4v) is 3.13. The van der Waals surface area contributed by atoms with Gasteiger partial charge in [0.2, 0.25) is 5.91 Å². The summed E-state index contributed by atoms with van der Waals surface area (Å²) in [5.74, 6) is 0.452. The van der Waals surface area contributed by atoms with Gasteiger partial charge in [-0.3, -0.25) is 4.79 Å². The number of hydrazone groups is 1. The zero-order valence-electron chi connectivity index (χ0n) is 13.0. The highest BCUT2D eigenvalue weighted by atomic mass is 16.2.